The Labute approximate surface area is 166 Å². The molecule has 0 saturated carbocycles. The minimum atomic E-state index is -3.46. The monoisotopic (exact) mass is 406 g/mol. The number of amides is 1. The lowest BCUT2D eigenvalue weighted by atomic mass is 10.1. The van der Waals surface area contributed by atoms with Crippen LogP contribution in [0.3, 0.4) is 0 Å². The smallest absolute Gasteiger partial charge is 0.251 e. The largest absolute Gasteiger partial charge is 0.348 e. The third-order valence-electron chi connectivity index (χ3n) is 4.25. The van der Waals surface area contributed by atoms with Crippen LogP contribution in [0.5, 0.6) is 0 Å². The third-order valence-corrected chi connectivity index (χ3v) is 6.93. The van der Waals surface area contributed by atoms with Crippen molar-refractivity contribution in [2.24, 2.45) is 0 Å². The van der Waals surface area contributed by atoms with Gasteiger partial charge in [-0.1, -0.05) is 38.1 Å². The molecule has 0 saturated heterocycles. The van der Waals surface area contributed by atoms with Crippen LogP contribution in [0.15, 0.2) is 53.4 Å². The van der Waals surface area contributed by atoms with E-state index in [1.807, 2.05) is 44.4 Å². The van der Waals surface area contributed by atoms with Gasteiger partial charge in [0.25, 0.3) is 5.91 Å². The predicted molar refractivity (Wildman–Crippen MR) is 111 cm³/mol. The third kappa shape index (κ3) is 5.57. The maximum Gasteiger partial charge on any atom is 0.251 e. The van der Waals surface area contributed by atoms with Gasteiger partial charge in [-0.15, -0.1) is 0 Å². The molecule has 27 heavy (non-hydrogen) atoms. The van der Waals surface area contributed by atoms with E-state index in [0.29, 0.717) is 25.2 Å². The molecule has 2 rings (SSSR count). The lowest BCUT2D eigenvalue weighted by Gasteiger charge is -2.18. The molecule has 0 aliphatic heterocycles. The zero-order valence-electron chi connectivity index (χ0n) is 15.9. The van der Waals surface area contributed by atoms with Crippen molar-refractivity contribution < 1.29 is 13.2 Å². The maximum absolute atomic E-state index is 12.5. The van der Waals surface area contributed by atoms with Gasteiger partial charge in [0.05, 0.1) is 4.90 Å². The van der Waals surface area contributed by atoms with E-state index in [-0.39, 0.29) is 10.8 Å². The second-order valence-corrected chi connectivity index (χ2v) is 8.85. The lowest BCUT2D eigenvalue weighted by Crippen LogP contribution is -2.30. The Morgan fingerprint density at radius 2 is 1.52 bits per heavy atom. The molecule has 2 aromatic carbocycles. The highest BCUT2D eigenvalue weighted by molar-refractivity contribution is 7.97. The first-order chi connectivity index (χ1) is 12.9. The van der Waals surface area contributed by atoms with Crippen molar-refractivity contribution >= 4 is 27.7 Å². The maximum atomic E-state index is 12.5. The van der Waals surface area contributed by atoms with Crippen molar-refractivity contribution in [2.75, 3.05) is 19.3 Å². The van der Waals surface area contributed by atoms with Crippen molar-refractivity contribution in [1.29, 1.82) is 0 Å². The van der Waals surface area contributed by atoms with Crippen molar-refractivity contribution in [3.8, 4) is 0 Å². The summed E-state index contributed by atoms with van der Waals surface area (Å²) in [6, 6.07) is 14.2. The first kappa shape index (κ1) is 21.5. The predicted octanol–water partition coefficient (Wildman–Crippen LogP) is 3.51. The molecule has 0 radical (unpaired) electrons. The van der Waals surface area contributed by atoms with Crippen LogP contribution in [0, 0.1) is 0 Å². The second-order valence-electron chi connectivity index (χ2n) is 6.05. The van der Waals surface area contributed by atoms with E-state index in [4.69, 9.17) is 0 Å². The topological polar surface area (TPSA) is 66.5 Å². The number of nitrogens with one attached hydrogen (secondary N) is 1. The van der Waals surface area contributed by atoms with E-state index in [1.54, 1.807) is 36.0 Å². The minimum Gasteiger partial charge on any atom is -0.348 e. The van der Waals surface area contributed by atoms with Gasteiger partial charge in [-0.25, -0.2) is 8.42 Å². The molecule has 0 bridgehead atoms. The Bertz CT molecular complexity index is 844. The van der Waals surface area contributed by atoms with Gasteiger partial charge in [0, 0.05) is 31.0 Å². The number of benzene rings is 2. The molecule has 0 aliphatic carbocycles. The van der Waals surface area contributed by atoms with Gasteiger partial charge >= 0.3 is 0 Å². The van der Waals surface area contributed by atoms with Crippen LogP contribution >= 0.6 is 11.8 Å². The first-order valence-electron chi connectivity index (χ1n) is 8.87. The van der Waals surface area contributed by atoms with Crippen LogP contribution in [-0.2, 0) is 22.3 Å². The van der Waals surface area contributed by atoms with Crippen LogP contribution in [0.25, 0.3) is 0 Å². The van der Waals surface area contributed by atoms with Crippen molar-refractivity contribution in [1.82, 2.24) is 9.62 Å². The highest BCUT2D eigenvalue weighted by Gasteiger charge is 2.21. The normalized spacial score (nSPS) is 11.6. The van der Waals surface area contributed by atoms with E-state index in [0.717, 1.165) is 11.3 Å². The number of carbonyl (C=O) groups is 1. The van der Waals surface area contributed by atoms with Crippen LogP contribution in [-0.4, -0.2) is 38.0 Å². The van der Waals surface area contributed by atoms with E-state index in [2.05, 4.69) is 5.32 Å². The fourth-order valence-electron chi connectivity index (χ4n) is 2.70. The number of hydrogen-bond acceptors (Lipinski definition) is 4. The zero-order valence-corrected chi connectivity index (χ0v) is 17.6. The fourth-order valence-corrected chi connectivity index (χ4v) is 4.68. The molecule has 0 heterocycles. The molecule has 0 aliphatic rings. The van der Waals surface area contributed by atoms with Crippen LogP contribution in [0.1, 0.15) is 35.3 Å². The molecule has 0 atom stereocenters. The summed E-state index contributed by atoms with van der Waals surface area (Å²) in [6.45, 7) is 4.85. The van der Waals surface area contributed by atoms with Gasteiger partial charge in [-0.3, -0.25) is 4.79 Å². The van der Waals surface area contributed by atoms with Crippen molar-refractivity contribution in [2.45, 2.75) is 31.0 Å². The molecule has 5 nitrogen and oxygen atoms in total. The number of sulfonamides is 1. The summed E-state index contributed by atoms with van der Waals surface area (Å²) in [6.07, 6.45) is 2.04. The van der Waals surface area contributed by atoms with E-state index in [9.17, 15) is 13.2 Å². The number of hydrogen-bond donors (Lipinski definition) is 1. The van der Waals surface area contributed by atoms with Gasteiger partial charge in [-0.05, 0) is 41.6 Å². The average Bonchev–Trinajstić information content (AvgIpc) is 2.68. The summed E-state index contributed by atoms with van der Waals surface area (Å²) in [5.74, 6) is 0.774. The summed E-state index contributed by atoms with van der Waals surface area (Å²) >= 11 is 1.74. The Hall–Kier alpha value is -1.83. The lowest BCUT2D eigenvalue weighted by molar-refractivity contribution is 0.0951. The Kier molecular flexibility index (Phi) is 7.89. The minimum absolute atomic E-state index is 0.148. The quantitative estimate of drug-likeness (QED) is 0.692. The van der Waals surface area contributed by atoms with Gasteiger partial charge in [0.15, 0.2) is 0 Å². The number of rotatable bonds is 9. The Morgan fingerprint density at radius 1 is 0.963 bits per heavy atom. The number of carbonyl (C=O) groups excluding carboxylic acids is 1. The molecule has 0 fully saturated rings. The average molecular weight is 407 g/mol. The van der Waals surface area contributed by atoms with Gasteiger partial charge in [0.1, 0.15) is 0 Å². The van der Waals surface area contributed by atoms with Crippen LogP contribution in [0.4, 0.5) is 0 Å². The molecular formula is C20H26N2O3S2. The van der Waals surface area contributed by atoms with Gasteiger partial charge in [-0.2, -0.15) is 16.1 Å². The van der Waals surface area contributed by atoms with Crippen molar-refractivity contribution in [3.05, 3.63) is 65.2 Å². The molecule has 0 spiro atoms. The highest BCUT2D eigenvalue weighted by Crippen LogP contribution is 2.16. The molecule has 1 N–H and O–H groups in total. The summed E-state index contributed by atoms with van der Waals surface area (Å²) < 4.78 is 26.4. The molecular weight excluding hydrogens is 380 g/mol. The van der Waals surface area contributed by atoms with Crippen LogP contribution in [0.2, 0.25) is 0 Å². The zero-order chi connectivity index (χ0) is 19.9. The van der Waals surface area contributed by atoms with E-state index < -0.39 is 10.0 Å². The second kappa shape index (κ2) is 9.92. The Morgan fingerprint density at radius 3 is 2.04 bits per heavy atom. The van der Waals surface area contributed by atoms with Gasteiger partial charge in [0.2, 0.25) is 10.0 Å². The highest BCUT2D eigenvalue weighted by atomic mass is 32.2. The van der Waals surface area contributed by atoms with Gasteiger partial charge < -0.3 is 5.32 Å². The summed E-state index contributed by atoms with van der Waals surface area (Å²) in [5.41, 5.74) is 2.64. The Balaban J connectivity index is 1.99. The van der Waals surface area contributed by atoms with E-state index >= 15 is 0 Å². The molecule has 0 unspecified atom stereocenters. The molecule has 2 aromatic rings. The first-order valence-corrected chi connectivity index (χ1v) is 11.7. The number of thioether (sulfide) groups is 1. The summed E-state index contributed by atoms with van der Waals surface area (Å²) in [5, 5.41) is 2.87. The van der Waals surface area contributed by atoms with Crippen molar-refractivity contribution in [3.63, 3.8) is 0 Å². The molecule has 146 valence electrons. The number of nitrogens with zero attached hydrogens (tertiary/aromatic N) is 1. The standard InChI is InChI=1S/C20H26N2O3S2/c1-4-22(5-2)27(24,25)19-12-8-16(9-13-19)14-21-20(23)18-10-6-17(7-11-18)15-26-3/h6-13H,4-5,14-15H2,1-3H3,(H,21,23). The molecule has 7 heteroatoms. The molecule has 1 amide bonds. The SMILES string of the molecule is CCN(CC)S(=O)(=O)c1ccc(CNC(=O)c2ccc(CSC)cc2)cc1. The molecule has 0 aromatic heterocycles. The fraction of sp³-hybridized carbons (Fsp3) is 0.350. The van der Waals surface area contributed by atoms with Crippen LogP contribution < -0.4 is 5.32 Å². The summed E-state index contributed by atoms with van der Waals surface area (Å²) in [4.78, 5) is 12.5. The van der Waals surface area contributed by atoms with E-state index in [1.165, 1.54) is 9.87 Å². The summed E-state index contributed by atoms with van der Waals surface area (Å²) in [7, 11) is -3.46.